The van der Waals surface area contributed by atoms with E-state index in [1.807, 2.05) is 0 Å². The maximum atomic E-state index is 14.8. The van der Waals surface area contributed by atoms with E-state index in [9.17, 15) is 83.4 Å². The maximum Gasteiger partial charge on any atom is 0.460 e. The first-order valence-corrected chi connectivity index (χ1v) is 16.2. The molecule has 2 saturated carbocycles. The highest BCUT2D eigenvalue weighted by molar-refractivity contribution is 5.31. The average molecular weight is 781 g/mol. The first-order chi connectivity index (χ1) is 23.0. The number of hydrogen-bond donors (Lipinski definition) is 0. The van der Waals surface area contributed by atoms with Gasteiger partial charge in [-0.15, -0.1) is 0 Å². The van der Waals surface area contributed by atoms with Crippen LogP contribution in [0.1, 0.15) is 101 Å². The minimum atomic E-state index is -8.92. The van der Waals surface area contributed by atoms with E-state index >= 15 is 0 Å². The molecular formula is C32H35F19. The lowest BCUT2D eigenvalue weighted by Gasteiger charge is -2.43. The van der Waals surface area contributed by atoms with Crippen LogP contribution in [0.4, 0.5) is 83.4 Å². The van der Waals surface area contributed by atoms with Crippen molar-refractivity contribution in [3.63, 3.8) is 0 Å². The van der Waals surface area contributed by atoms with Gasteiger partial charge in [0.2, 0.25) is 0 Å². The Morgan fingerprint density at radius 3 is 1.22 bits per heavy atom. The molecule has 1 aromatic rings. The van der Waals surface area contributed by atoms with Crippen molar-refractivity contribution in [2.24, 2.45) is 17.8 Å². The summed E-state index contributed by atoms with van der Waals surface area (Å²) in [5.74, 6) is -65.5. The van der Waals surface area contributed by atoms with Gasteiger partial charge in [-0.3, -0.25) is 0 Å². The molecule has 0 nitrogen and oxygen atoms in total. The van der Waals surface area contributed by atoms with Gasteiger partial charge in [-0.25, -0.2) is 0 Å². The van der Waals surface area contributed by atoms with E-state index in [2.05, 4.69) is 6.92 Å². The van der Waals surface area contributed by atoms with E-state index < -0.39 is 59.1 Å². The fourth-order valence-corrected chi connectivity index (χ4v) is 7.06. The van der Waals surface area contributed by atoms with Crippen LogP contribution in [0, 0.1) is 17.8 Å². The average Bonchev–Trinajstić information content (AvgIpc) is 3.04. The quantitative estimate of drug-likeness (QED) is 0.130. The molecule has 0 heterocycles. The first kappa shape index (κ1) is 43.3. The molecule has 0 atom stereocenters. The number of halogens is 19. The lowest BCUT2D eigenvalue weighted by atomic mass is 9.68. The Balaban J connectivity index is 1.77. The standard InChI is InChI=1S/C32H35F19/c1-2-3-4-5-18-6-8-19(9-7-18)20-10-12-21(13-11-20)22-14-16-23(17-15-22)24(33,34)25(35,36)26(37,38)27(39,40)28(41,42)29(43,44)30(45,46)31(47,48)32(49,50)51/h14-21H,2-13H2,1H3. The lowest BCUT2D eigenvalue weighted by Crippen LogP contribution is -2.75. The zero-order valence-corrected chi connectivity index (χ0v) is 26.8. The smallest absolute Gasteiger partial charge is 0.194 e. The zero-order valence-electron chi connectivity index (χ0n) is 26.8. The highest BCUT2D eigenvalue weighted by Gasteiger charge is 2.96. The third kappa shape index (κ3) is 7.13. The summed E-state index contributed by atoms with van der Waals surface area (Å²) < 4.78 is 260. The number of hydrogen-bond acceptors (Lipinski definition) is 0. The topological polar surface area (TPSA) is 0 Å². The predicted octanol–water partition coefficient (Wildman–Crippen LogP) is 13.4. The summed E-state index contributed by atoms with van der Waals surface area (Å²) in [6, 6.07) is 1.53. The highest BCUT2D eigenvalue weighted by atomic mass is 19.4. The highest BCUT2D eigenvalue weighted by Crippen LogP contribution is 2.66. The van der Waals surface area contributed by atoms with Gasteiger partial charge in [0, 0.05) is 5.56 Å². The van der Waals surface area contributed by atoms with E-state index in [0.29, 0.717) is 43.4 Å². The van der Waals surface area contributed by atoms with Crippen molar-refractivity contribution in [1.82, 2.24) is 0 Å². The molecule has 3 rings (SSSR count). The Bertz CT molecular complexity index is 1280. The van der Waals surface area contributed by atoms with Crippen molar-refractivity contribution >= 4 is 0 Å². The summed E-state index contributed by atoms with van der Waals surface area (Å²) in [5.41, 5.74) is -2.04. The molecule has 51 heavy (non-hydrogen) atoms. The molecule has 0 aliphatic heterocycles. The summed E-state index contributed by atoms with van der Waals surface area (Å²) in [5, 5.41) is 0. The van der Waals surface area contributed by atoms with Gasteiger partial charge in [-0.1, -0.05) is 69.7 Å². The van der Waals surface area contributed by atoms with E-state index in [0.717, 1.165) is 44.2 Å². The monoisotopic (exact) mass is 780 g/mol. The Hall–Kier alpha value is -2.11. The van der Waals surface area contributed by atoms with E-state index in [1.54, 1.807) is 0 Å². The van der Waals surface area contributed by atoms with Crippen LogP contribution in [0.5, 0.6) is 0 Å². The number of alkyl halides is 19. The molecule has 2 fully saturated rings. The van der Waals surface area contributed by atoms with Gasteiger partial charge in [0.15, 0.2) is 0 Å². The SMILES string of the molecule is CCCCCC1CCC(C2CCC(c3ccc(C(F)(F)C(F)(F)C(F)(F)C(F)(F)C(F)(F)C(F)(F)C(F)(F)C(F)(F)C(F)(F)F)cc3)CC2)CC1. The van der Waals surface area contributed by atoms with E-state index in [-0.39, 0.29) is 23.6 Å². The molecule has 19 heteroatoms. The Morgan fingerprint density at radius 2 is 0.824 bits per heavy atom. The molecule has 0 N–H and O–H groups in total. The van der Waals surface area contributed by atoms with Crippen molar-refractivity contribution in [3.05, 3.63) is 35.4 Å². The van der Waals surface area contributed by atoms with Gasteiger partial charge in [-0.2, -0.15) is 83.4 Å². The molecule has 1 aromatic carbocycles. The molecule has 0 aromatic heterocycles. The zero-order chi connectivity index (χ0) is 39.3. The van der Waals surface area contributed by atoms with E-state index in [4.69, 9.17) is 0 Å². The van der Waals surface area contributed by atoms with Crippen LogP contribution in [-0.2, 0) is 5.92 Å². The summed E-state index contributed by atoms with van der Waals surface area (Å²) in [6.45, 7) is 2.12. The second kappa shape index (κ2) is 14.3. The molecule has 0 spiro atoms. The van der Waals surface area contributed by atoms with Crippen LogP contribution in [0.15, 0.2) is 24.3 Å². The molecule has 2 aliphatic rings. The van der Waals surface area contributed by atoms with Crippen molar-refractivity contribution in [2.75, 3.05) is 0 Å². The van der Waals surface area contributed by atoms with Gasteiger partial charge in [0.05, 0.1) is 0 Å². The Morgan fingerprint density at radius 1 is 0.451 bits per heavy atom. The normalized spacial score (nSPS) is 24.2. The second-order valence-electron chi connectivity index (χ2n) is 13.6. The maximum absolute atomic E-state index is 14.8. The fraction of sp³-hybridized carbons (Fsp3) is 0.812. The van der Waals surface area contributed by atoms with Crippen LogP contribution >= 0.6 is 0 Å². The number of rotatable bonds is 14. The molecule has 0 saturated heterocycles. The fourth-order valence-electron chi connectivity index (χ4n) is 7.06. The summed E-state index contributed by atoms with van der Waals surface area (Å²) in [4.78, 5) is 0. The third-order valence-corrected chi connectivity index (χ3v) is 10.4. The summed E-state index contributed by atoms with van der Waals surface area (Å²) >= 11 is 0. The Kier molecular flexibility index (Phi) is 12.1. The van der Waals surface area contributed by atoms with Crippen molar-refractivity contribution in [3.8, 4) is 0 Å². The molecule has 2 aliphatic carbocycles. The third-order valence-electron chi connectivity index (χ3n) is 10.4. The van der Waals surface area contributed by atoms with Gasteiger partial charge in [0.25, 0.3) is 0 Å². The molecule has 0 amide bonds. The minimum absolute atomic E-state index is 0.0359. The molecule has 0 unspecified atom stereocenters. The predicted molar refractivity (Wildman–Crippen MR) is 145 cm³/mol. The van der Waals surface area contributed by atoms with Crippen LogP contribution < -0.4 is 0 Å². The summed E-state index contributed by atoms with van der Waals surface area (Å²) in [7, 11) is 0. The largest absolute Gasteiger partial charge is 0.460 e. The summed E-state index contributed by atoms with van der Waals surface area (Å²) in [6.07, 6.45) is 3.42. The number of benzene rings is 1. The van der Waals surface area contributed by atoms with Crippen LogP contribution in [-0.4, -0.2) is 47.6 Å². The first-order valence-electron chi connectivity index (χ1n) is 16.2. The van der Waals surface area contributed by atoms with Gasteiger partial charge >= 0.3 is 53.6 Å². The number of unbranched alkanes of at least 4 members (excludes halogenated alkanes) is 2. The van der Waals surface area contributed by atoms with Gasteiger partial charge < -0.3 is 0 Å². The van der Waals surface area contributed by atoms with E-state index in [1.165, 1.54) is 19.3 Å². The van der Waals surface area contributed by atoms with Crippen LogP contribution in [0.3, 0.4) is 0 Å². The Labute approximate surface area is 280 Å². The van der Waals surface area contributed by atoms with Crippen LogP contribution in [0.25, 0.3) is 0 Å². The minimum Gasteiger partial charge on any atom is -0.194 e. The van der Waals surface area contributed by atoms with Crippen molar-refractivity contribution < 1.29 is 83.4 Å². The van der Waals surface area contributed by atoms with Crippen molar-refractivity contribution in [1.29, 1.82) is 0 Å². The molecule has 0 radical (unpaired) electrons. The van der Waals surface area contributed by atoms with Crippen molar-refractivity contribution in [2.45, 2.75) is 143 Å². The molecule has 0 bridgehead atoms. The molecule has 296 valence electrons. The van der Waals surface area contributed by atoms with Gasteiger partial charge in [-0.05, 0) is 67.8 Å². The lowest BCUT2D eigenvalue weighted by molar-refractivity contribution is -0.469. The van der Waals surface area contributed by atoms with Gasteiger partial charge in [0.1, 0.15) is 0 Å². The molecular weight excluding hydrogens is 745 g/mol. The second-order valence-corrected chi connectivity index (χ2v) is 13.6. The van der Waals surface area contributed by atoms with Crippen LogP contribution in [0.2, 0.25) is 0 Å².